The van der Waals surface area contributed by atoms with Gasteiger partial charge in [0.05, 0.1) is 0 Å². The maximum atomic E-state index is 11.5. The van der Waals surface area contributed by atoms with E-state index in [0.717, 1.165) is 12.0 Å². The van der Waals surface area contributed by atoms with Crippen molar-refractivity contribution in [1.82, 2.24) is 0 Å². The standard InChI is InChI=1S/C19H20O2/c1-14(2)19(20)21-15(3)18-11-9-17(10-12-18)13-16-7-5-4-6-8-16/h4-12,15H,1,13H2,2-3H3. The third-order valence-corrected chi connectivity index (χ3v) is 3.33. The van der Waals surface area contributed by atoms with Crippen LogP contribution < -0.4 is 0 Å². The van der Waals surface area contributed by atoms with Crippen molar-refractivity contribution in [2.24, 2.45) is 0 Å². The molecule has 2 aromatic rings. The van der Waals surface area contributed by atoms with Crippen molar-refractivity contribution < 1.29 is 9.53 Å². The van der Waals surface area contributed by atoms with Crippen LogP contribution in [0, 0.1) is 0 Å². The van der Waals surface area contributed by atoms with Crippen LogP contribution >= 0.6 is 0 Å². The van der Waals surface area contributed by atoms with Gasteiger partial charge in [-0.2, -0.15) is 0 Å². The summed E-state index contributed by atoms with van der Waals surface area (Å²) in [4.78, 5) is 11.5. The number of esters is 1. The number of benzene rings is 2. The van der Waals surface area contributed by atoms with Crippen LogP contribution in [-0.2, 0) is 16.0 Å². The highest BCUT2D eigenvalue weighted by Crippen LogP contribution is 2.19. The normalized spacial score (nSPS) is 11.7. The van der Waals surface area contributed by atoms with E-state index >= 15 is 0 Å². The minimum Gasteiger partial charge on any atom is -0.454 e. The fourth-order valence-electron chi connectivity index (χ4n) is 2.07. The summed E-state index contributed by atoms with van der Waals surface area (Å²) in [5.41, 5.74) is 3.93. The molecule has 0 radical (unpaired) electrons. The maximum absolute atomic E-state index is 11.5. The van der Waals surface area contributed by atoms with Gasteiger partial charge in [0.25, 0.3) is 0 Å². The summed E-state index contributed by atoms with van der Waals surface area (Å²) in [5.74, 6) is -0.351. The molecule has 0 aliphatic heterocycles. The molecule has 1 atom stereocenters. The lowest BCUT2D eigenvalue weighted by Gasteiger charge is -2.14. The molecule has 1 unspecified atom stereocenters. The fraction of sp³-hybridized carbons (Fsp3) is 0.211. The first-order valence-electron chi connectivity index (χ1n) is 7.05. The highest BCUT2D eigenvalue weighted by atomic mass is 16.5. The molecular weight excluding hydrogens is 260 g/mol. The summed E-state index contributed by atoms with van der Waals surface area (Å²) in [6.45, 7) is 7.11. The molecule has 2 aromatic carbocycles. The average Bonchev–Trinajstić information content (AvgIpc) is 2.48. The minimum absolute atomic E-state index is 0.264. The molecule has 2 rings (SSSR count). The maximum Gasteiger partial charge on any atom is 0.333 e. The Kier molecular flexibility index (Phi) is 4.94. The van der Waals surface area contributed by atoms with Gasteiger partial charge in [0, 0.05) is 5.57 Å². The number of carbonyl (C=O) groups excluding carboxylic acids is 1. The zero-order valence-corrected chi connectivity index (χ0v) is 12.5. The van der Waals surface area contributed by atoms with Crippen molar-refractivity contribution in [3.8, 4) is 0 Å². The summed E-state index contributed by atoms with van der Waals surface area (Å²) >= 11 is 0. The minimum atomic E-state index is -0.351. The smallest absolute Gasteiger partial charge is 0.333 e. The van der Waals surface area contributed by atoms with Gasteiger partial charge in [-0.1, -0.05) is 61.2 Å². The van der Waals surface area contributed by atoms with Crippen LogP contribution in [0.25, 0.3) is 0 Å². The van der Waals surface area contributed by atoms with Gasteiger partial charge >= 0.3 is 5.97 Å². The number of ether oxygens (including phenoxy) is 1. The molecule has 108 valence electrons. The van der Waals surface area contributed by atoms with Gasteiger partial charge in [0.1, 0.15) is 6.10 Å². The molecule has 0 N–H and O–H groups in total. The van der Waals surface area contributed by atoms with Crippen molar-refractivity contribution >= 4 is 5.97 Å². The zero-order valence-electron chi connectivity index (χ0n) is 12.5. The molecule has 0 aliphatic rings. The first kappa shape index (κ1) is 15.0. The third-order valence-electron chi connectivity index (χ3n) is 3.33. The van der Waals surface area contributed by atoms with E-state index in [9.17, 15) is 4.79 Å². The van der Waals surface area contributed by atoms with Crippen LogP contribution in [0.2, 0.25) is 0 Å². The molecule has 0 saturated carbocycles. The van der Waals surface area contributed by atoms with Gasteiger partial charge in [-0.15, -0.1) is 0 Å². The molecule has 0 spiro atoms. The Morgan fingerprint density at radius 1 is 1.05 bits per heavy atom. The van der Waals surface area contributed by atoms with E-state index in [4.69, 9.17) is 4.74 Å². The van der Waals surface area contributed by atoms with E-state index in [1.54, 1.807) is 6.92 Å². The van der Waals surface area contributed by atoms with Crippen molar-refractivity contribution in [1.29, 1.82) is 0 Å². The van der Waals surface area contributed by atoms with Gasteiger partial charge in [-0.05, 0) is 37.0 Å². The van der Waals surface area contributed by atoms with Gasteiger partial charge < -0.3 is 4.74 Å². The van der Waals surface area contributed by atoms with Crippen LogP contribution in [-0.4, -0.2) is 5.97 Å². The topological polar surface area (TPSA) is 26.3 Å². The first-order valence-corrected chi connectivity index (χ1v) is 7.05. The number of rotatable bonds is 5. The lowest BCUT2D eigenvalue weighted by atomic mass is 10.0. The Morgan fingerprint density at radius 2 is 1.62 bits per heavy atom. The van der Waals surface area contributed by atoms with Crippen LogP contribution in [0.15, 0.2) is 66.7 Å². The largest absolute Gasteiger partial charge is 0.454 e. The Bertz CT molecular complexity index is 612. The predicted octanol–water partition coefficient (Wildman–Crippen LogP) is 4.46. The summed E-state index contributed by atoms with van der Waals surface area (Å²) in [7, 11) is 0. The summed E-state index contributed by atoms with van der Waals surface area (Å²) in [6, 6.07) is 18.5. The quantitative estimate of drug-likeness (QED) is 0.597. The van der Waals surface area contributed by atoms with E-state index < -0.39 is 0 Å². The number of hydrogen-bond donors (Lipinski definition) is 0. The van der Waals surface area contributed by atoms with E-state index in [-0.39, 0.29) is 12.1 Å². The Balaban J connectivity index is 2.01. The molecular formula is C19H20O2. The van der Waals surface area contributed by atoms with Crippen LogP contribution in [0.4, 0.5) is 0 Å². The molecule has 21 heavy (non-hydrogen) atoms. The molecule has 0 amide bonds. The van der Waals surface area contributed by atoms with E-state index in [0.29, 0.717) is 5.57 Å². The molecule has 0 saturated heterocycles. The highest BCUT2D eigenvalue weighted by molar-refractivity contribution is 5.87. The second kappa shape index (κ2) is 6.89. The predicted molar refractivity (Wildman–Crippen MR) is 85.0 cm³/mol. The Hall–Kier alpha value is -2.35. The number of carbonyl (C=O) groups is 1. The highest BCUT2D eigenvalue weighted by Gasteiger charge is 2.11. The average molecular weight is 280 g/mol. The monoisotopic (exact) mass is 280 g/mol. The lowest BCUT2D eigenvalue weighted by molar-refractivity contribution is -0.143. The summed E-state index contributed by atoms with van der Waals surface area (Å²) in [6.07, 6.45) is 0.640. The lowest BCUT2D eigenvalue weighted by Crippen LogP contribution is -2.09. The Morgan fingerprint density at radius 3 is 2.19 bits per heavy atom. The second-order valence-corrected chi connectivity index (χ2v) is 5.23. The van der Waals surface area contributed by atoms with E-state index in [1.807, 2.05) is 37.3 Å². The van der Waals surface area contributed by atoms with E-state index in [1.165, 1.54) is 11.1 Å². The molecule has 2 heteroatoms. The van der Waals surface area contributed by atoms with Crippen LogP contribution in [0.5, 0.6) is 0 Å². The molecule has 0 aromatic heterocycles. The van der Waals surface area contributed by atoms with Gasteiger partial charge in [0.15, 0.2) is 0 Å². The van der Waals surface area contributed by atoms with Crippen molar-refractivity contribution in [2.45, 2.75) is 26.4 Å². The SMILES string of the molecule is C=C(C)C(=O)OC(C)c1ccc(Cc2ccccc2)cc1. The van der Waals surface area contributed by atoms with Gasteiger partial charge in [-0.3, -0.25) is 0 Å². The van der Waals surface area contributed by atoms with Gasteiger partial charge in [-0.25, -0.2) is 4.79 Å². The second-order valence-electron chi connectivity index (χ2n) is 5.23. The van der Waals surface area contributed by atoms with Crippen molar-refractivity contribution in [3.63, 3.8) is 0 Å². The molecule has 2 nitrogen and oxygen atoms in total. The summed E-state index contributed by atoms with van der Waals surface area (Å²) in [5, 5.41) is 0. The van der Waals surface area contributed by atoms with E-state index in [2.05, 4.69) is 30.8 Å². The molecule has 0 heterocycles. The van der Waals surface area contributed by atoms with Crippen LogP contribution in [0.3, 0.4) is 0 Å². The molecule has 0 aliphatic carbocycles. The van der Waals surface area contributed by atoms with Crippen LogP contribution in [0.1, 0.15) is 36.6 Å². The Labute approximate surface area is 126 Å². The molecule has 0 bridgehead atoms. The van der Waals surface area contributed by atoms with Gasteiger partial charge in [0.2, 0.25) is 0 Å². The van der Waals surface area contributed by atoms with Crippen molar-refractivity contribution in [2.75, 3.05) is 0 Å². The van der Waals surface area contributed by atoms with Crippen molar-refractivity contribution in [3.05, 3.63) is 83.4 Å². The first-order chi connectivity index (χ1) is 10.1. The zero-order chi connectivity index (χ0) is 15.2. The number of hydrogen-bond acceptors (Lipinski definition) is 2. The fourth-order valence-corrected chi connectivity index (χ4v) is 2.07. The third kappa shape index (κ3) is 4.32. The summed E-state index contributed by atoms with van der Waals surface area (Å²) < 4.78 is 5.32. The molecule has 0 fully saturated rings.